The minimum Gasteiger partial charge on any atom is -0.490 e. The molecule has 90 valence electrons. The van der Waals surface area contributed by atoms with Crippen LogP contribution in [0.2, 0.25) is 0 Å². The van der Waals surface area contributed by atoms with Crippen LogP contribution in [0.1, 0.15) is 5.56 Å². The third-order valence-corrected chi connectivity index (χ3v) is 1.81. The van der Waals surface area contributed by atoms with E-state index in [1.54, 1.807) is 24.3 Å². The second kappa shape index (κ2) is 7.05. The smallest absolute Gasteiger partial charge is 0.328 e. The highest BCUT2D eigenvalue weighted by atomic mass is 16.5. The third-order valence-electron chi connectivity index (χ3n) is 1.81. The van der Waals surface area contributed by atoms with Crippen molar-refractivity contribution in [1.82, 2.24) is 0 Å². The summed E-state index contributed by atoms with van der Waals surface area (Å²) in [6.45, 7) is 0.791. The van der Waals surface area contributed by atoms with Crippen LogP contribution in [0, 0.1) is 0 Å². The summed E-state index contributed by atoms with van der Waals surface area (Å²) in [5, 5.41) is 8.48. The molecule has 0 spiro atoms. The fourth-order valence-electron chi connectivity index (χ4n) is 1.13. The number of benzene rings is 1. The molecule has 0 aromatic heterocycles. The maximum absolute atomic E-state index is 10.3. The van der Waals surface area contributed by atoms with Gasteiger partial charge in [0.15, 0.2) is 0 Å². The first-order chi connectivity index (χ1) is 8.22. The first-order valence-corrected chi connectivity index (χ1v) is 4.91. The zero-order valence-electron chi connectivity index (χ0n) is 9.04. The van der Waals surface area contributed by atoms with Crippen molar-refractivity contribution in [3.63, 3.8) is 0 Å². The monoisotopic (exact) mass is 236 g/mol. The molecule has 0 aliphatic heterocycles. The predicted octanol–water partition coefficient (Wildman–Crippen LogP) is 1.34. The predicted molar refractivity (Wildman–Crippen MR) is 60.6 cm³/mol. The lowest BCUT2D eigenvalue weighted by Gasteiger charge is -2.05. The summed E-state index contributed by atoms with van der Waals surface area (Å²) < 4.78 is 9.76. The van der Waals surface area contributed by atoms with Crippen LogP contribution in [0.15, 0.2) is 30.3 Å². The Bertz CT molecular complexity index is 411. The standard InChI is InChI=1S/C12H12O5/c13-9-16-6-7-17-11-3-1-2-10(8-11)4-5-12(14)15/h1-5,8-9H,6-7H2,(H,14,15). The summed E-state index contributed by atoms with van der Waals surface area (Å²) in [6, 6.07) is 6.94. The van der Waals surface area contributed by atoms with E-state index in [9.17, 15) is 9.59 Å². The molecule has 5 nitrogen and oxygen atoms in total. The van der Waals surface area contributed by atoms with Crippen molar-refractivity contribution in [3.8, 4) is 5.75 Å². The molecule has 1 rings (SSSR count). The second-order valence-electron chi connectivity index (χ2n) is 3.06. The number of ether oxygens (including phenoxy) is 2. The van der Waals surface area contributed by atoms with Gasteiger partial charge in [-0.15, -0.1) is 0 Å². The Morgan fingerprint density at radius 3 is 2.88 bits per heavy atom. The number of carbonyl (C=O) groups is 2. The molecule has 1 aromatic rings. The Hall–Kier alpha value is -2.30. The zero-order chi connectivity index (χ0) is 12.5. The van der Waals surface area contributed by atoms with Crippen LogP contribution in [-0.2, 0) is 14.3 Å². The Morgan fingerprint density at radius 2 is 2.18 bits per heavy atom. The van der Waals surface area contributed by atoms with Crippen molar-refractivity contribution in [1.29, 1.82) is 0 Å². The highest BCUT2D eigenvalue weighted by molar-refractivity contribution is 5.85. The molecule has 0 heterocycles. The van der Waals surface area contributed by atoms with Gasteiger partial charge in [0.1, 0.15) is 19.0 Å². The molecular formula is C12H12O5. The van der Waals surface area contributed by atoms with E-state index >= 15 is 0 Å². The van der Waals surface area contributed by atoms with Crippen LogP contribution in [0.25, 0.3) is 6.08 Å². The molecule has 0 radical (unpaired) electrons. The highest BCUT2D eigenvalue weighted by Crippen LogP contribution is 2.14. The molecular weight excluding hydrogens is 224 g/mol. The lowest BCUT2D eigenvalue weighted by molar-refractivity contribution is -0.131. The fraction of sp³-hybridized carbons (Fsp3) is 0.167. The van der Waals surface area contributed by atoms with Crippen molar-refractivity contribution >= 4 is 18.5 Å². The first kappa shape index (κ1) is 12.8. The first-order valence-electron chi connectivity index (χ1n) is 4.91. The van der Waals surface area contributed by atoms with E-state index in [-0.39, 0.29) is 13.2 Å². The Balaban J connectivity index is 2.53. The van der Waals surface area contributed by atoms with Crippen molar-refractivity contribution in [2.45, 2.75) is 0 Å². The molecule has 0 unspecified atom stereocenters. The van der Waals surface area contributed by atoms with E-state index in [0.29, 0.717) is 12.2 Å². The maximum Gasteiger partial charge on any atom is 0.328 e. The van der Waals surface area contributed by atoms with E-state index in [2.05, 4.69) is 4.74 Å². The largest absolute Gasteiger partial charge is 0.490 e. The number of carboxylic acid groups (broad SMARTS) is 1. The molecule has 17 heavy (non-hydrogen) atoms. The van der Waals surface area contributed by atoms with Gasteiger partial charge in [0.2, 0.25) is 0 Å². The summed E-state index contributed by atoms with van der Waals surface area (Å²) in [6.07, 6.45) is 2.52. The van der Waals surface area contributed by atoms with Gasteiger partial charge in [0, 0.05) is 6.08 Å². The van der Waals surface area contributed by atoms with Crippen LogP contribution in [0.3, 0.4) is 0 Å². The van der Waals surface area contributed by atoms with Crippen LogP contribution in [0.4, 0.5) is 0 Å². The molecule has 0 bridgehead atoms. The lowest BCUT2D eigenvalue weighted by atomic mass is 10.2. The third kappa shape index (κ3) is 5.36. The van der Waals surface area contributed by atoms with Crippen molar-refractivity contribution in [2.75, 3.05) is 13.2 Å². The second-order valence-corrected chi connectivity index (χ2v) is 3.06. The van der Waals surface area contributed by atoms with Gasteiger partial charge in [-0.1, -0.05) is 12.1 Å². The summed E-state index contributed by atoms with van der Waals surface area (Å²) in [7, 11) is 0. The molecule has 0 atom stereocenters. The van der Waals surface area contributed by atoms with Crippen molar-refractivity contribution < 1.29 is 24.2 Å². The molecule has 0 aliphatic rings. The van der Waals surface area contributed by atoms with Gasteiger partial charge in [0.05, 0.1) is 0 Å². The Morgan fingerprint density at radius 1 is 1.35 bits per heavy atom. The molecule has 0 saturated carbocycles. The molecule has 1 N–H and O–H groups in total. The summed E-state index contributed by atoms with van der Waals surface area (Å²) in [5.74, 6) is -0.414. The van der Waals surface area contributed by atoms with Gasteiger partial charge in [0.25, 0.3) is 6.47 Å². The highest BCUT2D eigenvalue weighted by Gasteiger charge is 1.95. The van der Waals surface area contributed by atoms with Crippen molar-refractivity contribution in [2.24, 2.45) is 0 Å². The van der Waals surface area contributed by atoms with Gasteiger partial charge in [-0.2, -0.15) is 0 Å². The lowest BCUT2D eigenvalue weighted by Crippen LogP contribution is -2.05. The van der Waals surface area contributed by atoms with Gasteiger partial charge in [-0.3, -0.25) is 4.79 Å². The summed E-state index contributed by atoms with van der Waals surface area (Å²) in [4.78, 5) is 20.2. The molecule has 0 amide bonds. The molecule has 0 fully saturated rings. The van der Waals surface area contributed by atoms with Crippen LogP contribution >= 0.6 is 0 Å². The Labute approximate surface area is 98.3 Å². The van der Waals surface area contributed by atoms with Gasteiger partial charge in [-0.25, -0.2) is 4.79 Å². The normalized spacial score (nSPS) is 10.1. The number of hydrogen-bond acceptors (Lipinski definition) is 4. The van der Waals surface area contributed by atoms with E-state index in [1.807, 2.05) is 0 Å². The quantitative estimate of drug-likeness (QED) is 0.439. The number of hydrogen-bond donors (Lipinski definition) is 1. The summed E-state index contributed by atoms with van der Waals surface area (Å²) >= 11 is 0. The summed E-state index contributed by atoms with van der Waals surface area (Å²) in [5.41, 5.74) is 0.723. The molecule has 5 heteroatoms. The molecule has 0 saturated heterocycles. The van der Waals surface area contributed by atoms with Gasteiger partial charge < -0.3 is 14.6 Å². The van der Waals surface area contributed by atoms with Crippen molar-refractivity contribution in [3.05, 3.63) is 35.9 Å². The van der Waals surface area contributed by atoms with Crippen LogP contribution < -0.4 is 4.74 Å². The van der Waals surface area contributed by atoms with E-state index < -0.39 is 5.97 Å². The SMILES string of the molecule is O=COCCOc1cccc(C=CC(=O)O)c1. The molecule has 0 aliphatic carbocycles. The Kier molecular flexibility index (Phi) is 5.30. The average molecular weight is 236 g/mol. The number of carbonyl (C=O) groups excluding carboxylic acids is 1. The van der Waals surface area contributed by atoms with E-state index in [1.165, 1.54) is 6.08 Å². The minimum atomic E-state index is -1.00. The van der Waals surface area contributed by atoms with Gasteiger partial charge in [-0.05, 0) is 23.8 Å². The van der Waals surface area contributed by atoms with Crippen LogP contribution in [0.5, 0.6) is 5.75 Å². The van der Waals surface area contributed by atoms with Crippen LogP contribution in [-0.4, -0.2) is 30.8 Å². The minimum absolute atomic E-state index is 0.179. The number of rotatable bonds is 7. The fourth-order valence-corrected chi connectivity index (χ4v) is 1.13. The van der Waals surface area contributed by atoms with Gasteiger partial charge >= 0.3 is 5.97 Å². The van der Waals surface area contributed by atoms with E-state index in [4.69, 9.17) is 9.84 Å². The average Bonchev–Trinajstić information content (AvgIpc) is 2.33. The number of carboxylic acids is 1. The topological polar surface area (TPSA) is 72.8 Å². The molecule has 1 aromatic carbocycles. The maximum atomic E-state index is 10.3. The number of aliphatic carboxylic acids is 1. The zero-order valence-corrected chi connectivity index (χ0v) is 9.04. The van der Waals surface area contributed by atoms with E-state index in [0.717, 1.165) is 11.6 Å².